The molecule has 0 spiro atoms. The Morgan fingerprint density at radius 1 is 1.27 bits per heavy atom. The lowest BCUT2D eigenvalue weighted by Crippen LogP contribution is -2.22. The molecule has 0 aliphatic rings. The molecule has 0 bridgehead atoms. The molecule has 0 saturated heterocycles. The molecular weight excluding hydrogens is 354 g/mol. The van der Waals surface area contributed by atoms with Crippen molar-refractivity contribution in [1.29, 1.82) is 0 Å². The maximum absolute atomic E-state index is 12.4. The molecule has 3 rings (SSSR count). The number of amides is 1. The summed E-state index contributed by atoms with van der Waals surface area (Å²) in [5, 5.41) is 11.0. The number of nitrogens with zero attached hydrogens (tertiary/aromatic N) is 4. The number of carbonyl (C=O) groups is 2. The van der Waals surface area contributed by atoms with E-state index in [1.165, 1.54) is 22.2 Å². The van der Waals surface area contributed by atoms with Gasteiger partial charge < -0.3 is 10.1 Å². The van der Waals surface area contributed by atoms with Crippen LogP contribution < -0.4 is 5.32 Å². The fourth-order valence-corrected chi connectivity index (χ4v) is 3.11. The van der Waals surface area contributed by atoms with Gasteiger partial charge >= 0.3 is 5.97 Å². The first-order chi connectivity index (χ1) is 12.6. The van der Waals surface area contributed by atoms with Crippen LogP contribution in [0.4, 0.5) is 0 Å². The van der Waals surface area contributed by atoms with Crippen LogP contribution in [0, 0.1) is 6.92 Å². The van der Waals surface area contributed by atoms with Crippen LogP contribution in [0.25, 0.3) is 5.13 Å². The van der Waals surface area contributed by atoms with Gasteiger partial charge in [-0.05, 0) is 19.4 Å². The summed E-state index contributed by atoms with van der Waals surface area (Å²) in [6.07, 6.45) is 1.43. The minimum absolute atomic E-state index is 0.0924. The first-order valence-electron chi connectivity index (χ1n) is 7.98. The number of aryl methyl sites for hydroxylation is 1. The summed E-state index contributed by atoms with van der Waals surface area (Å²) in [6.45, 7) is 4.16. The van der Waals surface area contributed by atoms with E-state index in [1.807, 2.05) is 30.3 Å². The highest BCUT2D eigenvalue weighted by atomic mass is 32.1. The number of esters is 1. The SMILES string of the molecule is CCOC(=O)c1cn(-c2nc(C)c(C(=O)NCc3ccccc3)s2)nn1. The van der Waals surface area contributed by atoms with Gasteiger partial charge in [0.1, 0.15) is 4.88 Å². The molecular formula is C17H17N5O3S. The van der Waals surface area contributed by atoms with Crippen LogP contribution in [-0.2, 0) is 11.3 Å². The molecule has 9 heteroatoms. The minimum Gasteiger partial charge on any atom is -0.461 e. The number of rotatable bonds is 6. The molecule has 8 nitrogen and oxygen atoms in total. The second-order valence-corrected chi connectivity index (χ2v) is 6.33. The lowest BCUT2D eigenvalue weighted by Gasteiger charge is -2.03. The van der Waals surface area contributed by atoms with Crippen molar-refractivity contribution in [2.24, 2.45) is 0 Å². The number of benzene rings is 1. The minimum atomic E-state index is -0.548. The largest absolute Gasteiger partial charge is 0.461 e. The standard InChI is InChI=1S/C17H17N5O3S/c1-3-25-16(24)13-10-22(21-20-13)17-19-11(2)14(26-17)15(23)18-9-12-7-5-4-6-8-12/h4-8,10H,3,9H2,1-2H3,(H,18,23). The van der Waals surface area contributed by atoms with Crippen molar-refractivity contribution in [3.63, 3.8) is 0 Å². The number of ether oxygens (including phenoxy) is 1. The molecule has 1 N–H and O–H groups in total. The summed E-state index contributed by atoms with van der Waals surface area (Å²) in [4.78, 5) is 28.9. The number of nitrogens with one attached hydrogen (secondary N) is 1. The fraction of sp³-hybridized carbons (Fsp3) is 0.235. The molecule has 0 unspecified atom stereocenters. The predicted molar refractivity (Wildman–Crippen MR) is 95.3 cm³/mol. The maximum atomic E-state index is 12.4. The Morgan fingerprint density at radius 2 is 2.04 bits per heavy atom. The van der Waals surface area contributed by atoms with Crippen LogP contribution in [0.1, 0.15) is 38.3 Å². The highest BCUT2D eigenvalue weighted by Crippen LogP contribution is 2.21. The van der Waals surface area contributed by atoms with Gasteiger partial charge in [0.2, 0.25) is 5.13 Å². The molecule has 0 aliphatic heterocycles. The molecule has 0 aliphatic carbocycles. The van der Waals surface area contributed by atoms with Crippen molar-refractivity contribution < 1.29 is 14.3 Å². The number of thiazole rings is 1. The number of aromatic nitrogens is 4. The summed E-state index contributed by atoms with van der Waals surface area (Å²) < 4.78 is 6.24. The van der Waals surface area contributed by atoms with Crippen molar-refractivity contribution in [3.05, 3.63) is 58.4 Å². The molecule has 0 saturated carbocycles. The van der Waals surface area contributed by atoms with E-state index in [0.717, 1.165) is 5.56 Å². The Labute approximate surface area is 153 Å². The summed E-state index contributed by atoms with van der Waals surface area (Å²) in [7, 11) is 0. The normalized spacial score (nSPS) is 10.5. The van der Waals surface area contributed by atoms with Crippen LogP contribution in [0.5, 0.6) is 0 Å². The monoisotopic (exact) mass is 371 g/mol. The molecule has 134 valence electrons. The quantitative estimate of drug-likeness (QED) is 0.667. The summed E-state index contributed by atoms with van der Waals surface area (Å²) in [6, 6.07) is 9.65. The van der Waals surface area contributed by atoms with Gasteiger partial charge in [0.25, 0.3) is 5.91 Å². The lowest BCUT2D eigenvalue weighted by atomic mass is 10.2. The average molecular weight is 371 g/mol. The third-order valence-electron chi connectivity index (χ3n) is 3.46. The maximum Gasteiger partial charge on any atom is 0.360 e. The smallest absolute Gasteiger partial charge is 0.360 e. The zero-order valence-corrected chi connectivity index (χ0v) is 15.1. The van der Waals surface area contributed by atoms with Crippen LogP contribution in [0.2, 0.25) is 0 Å². The number of carbonyl (C=O) groups excluding carboxylic acids is 2. The Balaban J connectivity index is 1.72. The molecule has 0 radical (unpaired) electrons. The highest BCUT2D eigenvalue weighted by Gasteiger charge is 2.18. The third-order valence-corrected chi connectivity index (χ3v) is 4.61. The van der Waals surface area contributed by atoms with Crippen LogP contribution >= 0.6 is 11.3 Å². The van der Waals surface area contributed by atoms with E-state index in [9.17, 15) is 9.59 Å². The molecule has 0 fully saturated rings. The van der Waals surface area contributed by atoms with Crippen molar-refractivity contribution in [2.75, 3.05) is 6.61 Å². The second kappa shape index (κ2) is 7.87. The van der Waals surface area contributed by atoms with Crippen molar-refractivity contribution in [1.82, 2.24) is 25.3 Å². The van der Waals surface area contributed by atoms with E-state index in [1.54, 1.807) is 13.8 Å². The second-order valence-electron chi connectivity index (χ2n) is 5.35. The van der Waals surface area contributed by atoms with Crippen molar-refractivity contribution in [2.45, 2.75) is 20.4 Å². The highest BCUT2D eigenvalue weighted by molar-refractivity contribution is 7.16. The molecule has 2 heterocycles. The van der Waals surface area contributed by atoms with Gasteiger partial charge in [-0.15, -0.1) is 5.10 Å². The van der Waals surface area contributed by atoms with Gasteiger partial charge in [0.05, 0.1) is 18.5 Å². The number of hydrogen-bond acceptors (Lipinski definition) is 7. The lowest BCUT2D eigenvalue weighted by molar-refractivity contribution is 0.0519. The Morgan fingerprint density at radius 3 is 2.77 bits per heavy atom. The Bertz CT molecular complexity index is 920. The first kappa shape index (κ1) is 17.7. The van der Waals surface area contributed by atoms with E-state index in [2.05, 4.69) is 20.6 Å². The molecule has 1 aromatic carbocycles. The van der Waals surface area contributed by atoms with Gasteiger partial charge in [-0.1, -0.05) is 46.9 Å². The predicted octanol–water partition coefficient (Wildman–Crippen LogP) is 2.14. The molecule has 3 aromatic rings. The van der Waals surface area contributed by atoms with E-state index in [0.29, 0.717) is 22.2 Å². The van der Waals surface area contributed by atoms with Crippen LogP contribution in [0.3, 0.4) is 0 Å². The fourth-order valence-electron chi connectivity index (χ4n) is 2.21. The van der Waals surface area contributed by atoms with E-state index in [-0.39, 0.29) is 18.2 Å². The van der Waals surface area contributed by atoms with Crippen LogP contribution in [0.15, 0.2) is 36.5 Å². The van der Waals surface area contributed by atoms with Crippen molar-refractivity contribution in [3.8, 4) is 5.13 Å². The van der Waals surface area contributed by atoms with E-state index in [4.69, 9.17) is 4.74 Å². The van der Waals surface area contributed by atoms with Crippen LogP contribution in [-0.4, -0.2) is 38.5 Å². The molecule has 0 atom stereocenters. The average Bonchev–Trinajstić information content (AvgIpc) is 3.28. The van der Waals surface area contributed by atoms with Gasteiger partial charge in [-0.25, -0.2) is 9.78 Å². The zero-order chi connectivity index (χ0) is 18.5. The van der Waals surface area contributed by atoms with Crippen molar-refractivity contribution >= 4 is 23.2 Å². The van der Waals surface area contributed by atoms with Gasteiger partial charge in [0.15, 0.2) is 5.69 Å². The Hall–Kier alpha value is -3.07. The van der Waals surface area contributed by atoms with Gasteiger partial charge in [-0.3, -0.25) is 4.79 Å². The summed E-state index contributed by atoms with van der Waals surface area (Å²) in [5.41, 5.74) is 1.69. The van der Waals surface area contributed by atoms with Gasteiger partial charge in [0, 0.05) is 6.54 Å². The first-order valence-corrected chi connectivity index (χ1v) is 8.79. The van der Waals surface area contributed by atoms with E-state index >= 15 is 0 Å². The molecule has 2 aromatic heterocycles. The van der Waals surface area contributed by atoms with Gasteiger partial charge in [-0.2, -0.15) is 4.68 Å². The van der Waals surface area contributed by atoms with E-state index < -0.39 is 5.97 Å². The molecule has 26 heavy (non-hydrogen) atoms. The zero-order valence-electron chi connectivity index (χ0n) is 14.3. The number of hydrogen-bond donors (Lipinski definition) is 1. The molecule has 1 amide bonds. The summed E-state index contributed by atoms with van der Waals surface area (Å²) in [5.74, 6) is -0.756. The third kappa shape index (κ3) is 3.94. The summed E-state index contributed by atoms with van der Waals surface area (Å²) >= 11 is 1.18. The Kier molecular flexibility index (Phi) is 5.37. The topological polar surface area (TPSA) is 99.0 Å².